The Kier molecular flexibility index (Phi) is 6.38. The summed E-state index contributed by atoms with van der Waals surface area (Å²) in [4.78, 5) is 43.9. The molecule has 2 bridgehead atoms. The van der Waals surface area contributed by atoms with Crippen molar-refractivity contribution in [2.75, 3.05) is 18.1 Å². The molecule has 1 spiro atoms. The van der Waals surface area contributed by atoms with Gasteiger partial charge in [0, 0.05) is 6.54 Å². The van der Waals surface area contributed by atoms with Gasteiger partial charge < -0.3 is 24.7 Å². The van der Waals surface area contributed by atoms with Gasteiger partial charge in [0.2, 0.25) is 5.91 Å². The fourth-order valence-electron chi connectivity index (χ4n) is 6.64. The van der Waals surface area contributed by atoms with E-state index < -0.39 is 59.5 Å². The van der Waals surface area contributed by atoms with Gasteiger partial charge in [0.05, 0.1) is 40.8 Å². The third-order valence-electron chi connectivity index (χ3n) is 8.13. The highest BCUT2D eigenvalue weighted by Crippen LogP contribution is 2.64. The first-order valence-electron chi connectivity index (χ1n) is 12.3. The van der Waals surface area contributed by atoms with Crippen LogP contribution in [0.15, 0.2) is 67.3 Å². The predicted octanol–water partition coefficient (Wildman–Crippen LogP) is 3.44. The SMILES string of the molecule is C=CCN(C(=O)C1N([C@H](CO)c2ccccc2)C(=O)[C@@H]2[C@H](C(=O)O)[C@]3(C)CCC12O3)c1ccccc1Cl. The van der Waals surface area contributed by atoms with E-state index in [0.717, 1.165) is 0 Å². The van der Waals surface area contributed by atoms with Crippen LogP contribution < -0.4 is 4.90 Å². The van der Waals surface area contributed by atoms with Gasteiger partial charge >= 0.3 is 5.97 Å². The molecular weight excluding hydrogens is 496 g/mol. The molecule has 5 rings (SSSR count). The molecule has 0 aromatic heterocycles. The molecule has 37 heavy (non-hydrogen) atoms. The molecule has 9 heteroatoms. The molecule has 6 atom stereocenters. The van der Waals surface area contributed by atoms with Gasteiger partial charge in [-0.15, -0.1) is 6.58 Å². The normalized spacial score (nSPS) is 30.7. The number of amides is 2. The molecule has 2 aromatic rings. The summed E-state index contributed by atoms with van der Waals surface area (Å²) in [7, 11) is 0. The summed E-state index contributed by atoms with van der Waals surface area (Å²) in [5.74, 6) is -4.28. The number of hydrogen-bond donors (Lipinski definition) is 2. The molecule has 194 valence electrons. The first-order chi connectivity index (χ1) is 17.7. The summed E-state index contributed by atoms with van der Waals surface area (Å²) in [5.41, 5.74) is -1.36. The van der Waals surface area contributed by atoms with E-state index in [4.69, 9.17) is 16.3 Å². The zero-order valence-corrected chi connectivity index (χ0v) is 21.2. The topological polar surface area (TPSA) is 107 Å². The Morgan fingerprint density at radius 2 is 1.89 bits per heavy atom. The number of carboxylic acids is 1. The smallest absolute Gasteiger partial charge is 0.310 e. The second-order valence-electron chi connectivity index (χ2n) is 10.1. The Hall–Kier alpha value is -3.20. The number of likely N-dealkylation sites (tertiary alicyclic amines) is 1. The molecule has 0 radical (unpaired) electrons. The highest BCUT2D eigenvalue weighted by molar-refractivity contribution is 6.34. The van der Waals surface area contributed by atoms with Gasteiger partial charge in [0.1, 0.15) is 11.6 Å². The molecule has 8 nitrogen and oxygen atoms in total. The highest BCUT2D eigenvalue weighted by Gasteiger charge is 2.79. The van der Waals surface area contributed by atoms with Crippen molar-refractivity contribution in [2.24, 2.45) is 11.8 Å². The summed E-state index contributed by atoms with van der Waals surface area (Å²) in [6, 6.07) is 13.7. The molecule has 3 fully saturated rings. The van der Waals surface area contributed by atoms with Crippen LogP contribution in [0.4, 0.5) is 5.69 Å². The highest BCUT2D eigenvalue weighted by atomic mass is 35.5. The molecule has 3 heterocycles. The molecule has 2 unspecified atom stereocenters. The van der Waals surface area contributed by atoms with E-state index in [1.165, 1.54) is 9.80 Å². The molecular formula is C28H29ClN2O6. The van der Waals surface area contributed by atoms with E-state index >= 15 is 0 Å². The van der Waals surface area contributed by atoms with Gasteiger partial charge in [0.25, 0.3) is 5.91 Å². The molecule has 0 saturated carbocycles. The number of hydrogen-bond acceptors (Lipinski definition) is 5. The van der Waals surface area contributed by atoms with E-state index in [1.54, 1.807) is 61.5 Å². The number of rotatable bonds is 8. The van der Waals surface area contributed by atoms with Crippen LogP contribution in [-0.4, -0.2) is 63.3 Å². The van der Waals surface area contributed by atoms with Crippen molar-refractivity contribution < 1.29 is 29.3 Å². The Labute approximate surface area is 220 Å². The zero-order valence-electron chi connectivity index (χ0n) is 20.4. The van der Waals surface area contributed by atoms with Crippen molar-refractivity contribution in [2.45, 2.75) is 43.1 Å². The molecule has 2 aromatic carbocycles. The van der Waals surface area contributed by atoms with Crippen molar-refractivity contribution in [3.05, 3.63) is 77.8 Å². The average molecular weight is 525 g/mol. The summed E-state index contributed by atoms with van der Waals surface area (Å²) >= 11 is 6.47. The van der Waals surface area contributed by atoms with Gasteiger partial charge in [0.15, 0.2) is 0 Å². The van der Waals surface area contributed by atoms with Crippen LogP contribution in [0.25, 0.3) is 0 Å². The number of aliphatic hydroxyl groups is 1. The molecule has 2 amide bonds. The van der Waals surface area contributed by atoms with E-state index in [2.05, 4.69) is 6.58 Å². The van der Waals surface area contributed by atoms with Crippen LogP contribution in [0.2, 0.25) is 5.02 Å². The third-order valence-corrected chi connectivity index (χ3v) is 8.45. The number of benzene rings is 2. The van der Waals surface area contributed by atoms with Crippen molar-refractivity contribution in [1.29, 1.82) is 0 Å². The standard InChI is InChI=1S/C28H29ClN2O6/c1-3-15-30(19-12-8-7-11-18(19)29)25(34)23-28-14-13-27(2,37-28)22(26(35)36)21(28)24(33)31(23)20(16-32)17-9-5-4-6-10-17/h3-12,20-23,32H,1,13-16H2,2H3,(H,35,36)/t20-,21+,22-,23?,27+,28?/m1/s1. The fourth-order valence-corrected chi connectivity index (χ4v) is 6.88. The van der Waals surface area contributed by atoms with Crippen molar-refractivity contribution in [3.8, 4) is 0 Å². The minimum atomic E-state index is -1.35. The number of aliphatic carboxylic acids is 1. The summed E-state index contributed by atoms with van der Waals surface area (Å²) in [5, 5.41) is 21.0. The lowest BCUT2D eigenvalue weighted by molar-refractivity contribution is -0.155. The number of para-hydroxylation sites is 1. The van der Waals surface area contributed by atoms with E-state index in [-0.39, 0.29) is 6.54 Å². The maximum atomic E-state index is 14.5. The molecule has 3 saturated heterocycles. The minimum Gasteiger partial charge on any atom is -0.481 e. The molecule has 3 aliphatic heterocycles. The van der Waals surface area contributed by atoms with Gasteiger partial charge in [-0.3, -0.25) is 14.4 Å². The van der Waals surface area contributed by atoms with E-state index in [1.807, 2.05) is 6.07 Å². The number of halogens is 1. The third kappa shape index (κ3) is 3.69. The maximum Gasteiger partial charge on any atom is 0.310 e. The largest absolute Gasteiger partial charge is 0.481 e. The predicted molar refractivity (Wildman–Crippen MR) is 137 cm³/mol. The monoisotopic (exact) mass is 524 g/mol. The number of carbonyl (C=O) groups is 3. The quantitative estimate of drug-likeness (QED) is 0.512. The zero-order chi connectivity index (χ0) is 26.5. The Balaban J connectivity index is 1.69. The van der Waals surface area contributed by atoms with Crippen LogP contribution in [0.3, 0.4) is 0 Å². The number of carboxylic acid groups (broad SMARTS) is 1. The van der Waals surface area contributed by atoms with E-state index in [0.29, 0.717) is 29.1 Å². The lowest BCUT2D eigenvalue weighted by Crippen LogP contribution is -2.57. The van der Waals surface area contributed by atoms with Gasteiger partial charge in [-0.25, -0.2) is 0 Å². The van der Waals surface area contributed by atoms with Crippen LogP contribution in [-0.2, 0) is 19.1 Å². The molecule has 0 aliphatic carbocycles. The summed E-state index contributed by atoms with van der Waals surface area (Å²) in [6.07, 6.45) is 2.30. The van der Waals surface area contributed by atoms with Gasteiger partial charge in [-0.1, -0.05) is 60.1 Å². The Bertz CT molecular complexity index is 1250. The van der Waals surface area contributed by atoms with Crippen molar-refractivity contribution in [3.63, 3.8) is 0 Å². The number of fused-ring (bicyclic) bond motifs is 1. The van der Waals surface area contributed by atoms with Crippen molar-refractivity contribution >= 4 is 35.1 Å². The Morgan fingerprint density at radius 3 is 2.51 bits per heavy atom. The maximum absolute atomic E-state index is 14.5. The van der Waals surface area contributed by atoms with Gasteiger partial charge in [-0.05, 0) is 37.5 Å². The lowest BCUT2D eigenvalue weighted by atomic mass is 9.66. The minimum absolute atomic E-state index is 0.108. The molecule has 2 N–H and O–H groups in total. The fraction of sp³-hybridized carbons (Fsp3) is 0.393. The number of ether oxygens (including phenoxy) is 1. The Morgan fingerprint density at radius 1 is 1.22 bits per heavy atom. The number of aliphatic hydroxyl groups excluding tert-OH is 1. The second kappa shape index (κ2) is 9.28. The number of carbonyl (C=O) groups excluding carboxylic acids is 2. The lowest BCUT2D eigenvalue weighted by Gasteiger charge is -2.39. The second-order valence-corrected chi connectivity index (χ2v) is 10.5. The average Bonchev–Trinajstić information content (AvgIpc) is 3.45. The van der Waals surface area contributed by atoms with Crippen LogP contribution >= 0.6 is 11.6 Å². The van der Waals surface area contributed by atoms with E-state index in [9.17, 15) is 24.6 Å². The van der Waals surface area contributed by atoms with Crippen molar-refractivity contribution in [1.82, 2.24) is 4.90 Å². The van der Waals surface area contributed by atoms with Crippen LogP contribution in [0.5, 0.6) is 0 Å². The first-order valence-corrected chi connectivity index (χ1v) is 12.7. The van der Waals surface area contributed by atoms with Crippen LogP contribution in [0.1, 0.15) is 31.4 Å². The molecule has 3 aliphatic rings. The first kappa shape index (κ1) is 25.4. The number of anilines is 1. The summed E-state index contributed by atoms with van der Waals surface area (Å²) < 4.78 is 6.47. The van der Waals surface area contributed by atoms with Crippen LogP contribution in [0, 0.1) is 11.8 Å². The number of nitrogens with zero attached hydrogens (tertiary/aromatic N) is 2. The summed E-state index contributed by atoms with van der Waals surface area (Å²) in [6.45, 7) is 5.15. The van der Waals surface area contributed by atoms with Gasteiger partial charge in [-0.2, -0.15) is 0 Å².